The van der Waals surface area contributed by atoms with E-state index in [-0.39, 0.29) is 6.10 Å². The van der Waals surface area contributed by atoms with Crippen molar-refractivity contribution in [2.45, 2.75) is 56.3 Å². The lowest BCUT2D eigenvalue weighted by atomic mass is 10.0. The largest absolute Gasteiger partial charge is 0.479 e. The highest BCUT2D eigenvalue weighted by Crippen LogP contribution is 2.28. The van der Waals surface area contributed by atoms with Crippen LogP contribution in [-0.2, 0) is 9.53 Å². The third kappa shape index (κ3) is 3.40. The number of ether oxygens (including phenoxy) is 1. The summed E-state index contributed by atoms with van der Waals surface area (Å²) in [5.41, 5.74) is -0.551. The molecule has 1 heterocycles. The van der Waals surface area contributed by atoms with Crippen molar-refractivity contribution < 1.29 is 19.7 Å². The number of rotatable bonds is 5. The molecule has 0 aromatic heterocycles. The van der Waals surface area contributed by atoms with E-state index in [4.69, 9.17) is 9.84 Å². The minimum Gasteiger partial charge on any atom is -0.479 e. The zero-order valence-corrected chi connectivity index (χ0v) is 10.0. The third-order valence-electron chi connectivity index (χ3n) is 3.74. The van der Waals surface area contributed by atoms with Crippen LogP contribution < -0.4 is 5.32 Å². The summed E-state index contributed by atoms with van der Waals surface area (Å²) < 4.78 is 5.38. The number of aliphatic hydroxyl groups is 1. The third-order valence-corrected chi connectivity index (χ3v) is 3.74. The topological polar surface area (TPSA) is 78.8 Å². The molecule has 17 heavy (non-hydrogen) atoms. The predicted octanol–water partition coefficient (Wildman–Crippen LogP) is 0.513. The van der Waals surface area contributed by atoms with Crippen LogP contribution >= 0.6 is 0 Å². The fraction of sp³-hybridized carbons (Fsp3) is 0.917. The predicted molar refractivity (Wildman–Crippen MR) is 61.8 cm³/mol. The summed E-state index contributed by atoms with van der Waals surface area (Å²) in [6.07, 6.45) is 4.62. The molecular formula is C12H21NO4. The van der Waals surface area contributed by atoms with Gasteiger partial charge in [-0.3, -0.25) is 0 Å². The van der Waals surface area contributed by atoms with Crippen LogP contribution in [0.3, 0.4) is 0 Å². The Hall–Kier alpha value is -0.650. The Morgan fingerprint density at radius 3 is 2.65 bits per heavy atom. The fourth-order valence-electron chi connectivity index (χ4n) is 2.71. The van der Waals surface area contributed by atoms with Gasteiger partial charge in [0.15, 0.2) is 6.10 Å². The molecule has 0 aromatic rings. The van der Waals surface area contributed by atoms with E-state index in [1.165, 1.54) is 0 Å². The van der Waals surface area contributed by atoms with Gasteiger partial charge in [0.1, 0.15) is 0 Å². The molecule has 5 nitrogen and oxygen atoms in total. The Kier molecular flexibility index (Phi) is 4.01. The first-order valence-electron chi connectivity index (χ1n) is 6.40. The molecule has 1 aliphatic carbocycles. The van der Waals surface area contributed by atoms with Crippen LogP contribution in [0.4, 0.5) is 0 Å². The molecule has 2 fully saturated rings. The molecule has 0 aromatic carbocycles. The van der Waals surface area contributed by atoms with Crippen LogP contribution in [-0.4, -0.2) is 47.1 Å². The second kappa shape index (κ2) is 5.33. The first-order valence-corrected chi connectivity index (χ1v) is 6.40. The maximum atomic E-state index is 10.7. The van der Waals surface area contributed by atoms with E-state index < -0.39 is 17.7 Å². The van der Waals surface area contributed by atoms with Gasteiger partial charge in [-0.25, -0.2) is 4.79 Å². The SMILES string of the molecule is O=C(O)C1CCC(CNCC2(O)CCCC2)O1. The highest BCUT2D eigenvalue weighted by atomic mass is 16.5. The lowest BCUT2D eigenvalue weighted by Crippen LogP contribution is -2.41. The molecule has 0 spiro atoms. The number of carboxylic acids is 1. The van der Waals surface area contributed by atoms with Crippen molar-refractivity contribution in [1.82, 2.24) is 5.32 Å². The number of hydrogen-bond donors (Lipinski definition) is 3. The Balaban J connectivity index is 1.64. The van der Waals surface area contributed by atoms with Crippen LogP contribution in [0.15, 0.2) is 0 Å². The Bertz CT molecular complexity index is 276. The number of aliphatic carboxylic acids is 1. The monoisotopic (exact) mass is 243 g/mol. The Morgan fingerprint density at radius 2 is 2.06 bits per heavy atom. The Morgan fingerprint density at radius 1 is 1.35 bits per heavy atom. The molecule has 0 amide bonds. The standard InChI is InChI=1S/C12H21NO4/c14-11(15)10-4-3-9(17-10)7-13-8-12(16)5-1-2-6-12/h9-10,13,16H,1-8H2,(H,14,15). The van der Waals surface area contributed by atoms with Crippen LogP contribution in [0.25, 0.3) is 0 Å². The smallest absolute Gasteiger partial charge is 0.332 e. The van der Waals surface area contributed by atoms with Gasteiger partial charge in [0.2, 0.25) is 0 Å². The van der Waals surface area contributed by atoms with Gasteiger partial charge in [-0.2, -0.15) is 0 Å². The van der Waals surface area contributed by atoms with Crippen molar-refractivity contribution in [2.75, 3.05) is 13.1 Å². The molecule has 1 saturated carbocycles. The van der Waals surface area contributed by atoms with E-state index in [0.29, 0.717) is 19.5 Å². The first-order chi connectivity index (χ1) is 8.09. The Labute approximate surface area is 101 Å². The molecule has 0 radical (unpaired) electrons. The van der Waals surface area contributed by atoms with Gasteiger partial charge < -0.3 is 20.3 Å². The minimum atomic E-state index is -0.873. The van der Waals surface area contributed by atoms with Gasteiger partial charge >= 0.3 is 5.97 Å². The zero-order chi connectivity index (χ0) is 12.3. The summed E-state index contributed by atoms with van der Waals surface area (Å²) in [4.78, 5) is 10.7. The molecule has 98 valence electrons. The van der Waals surface area contributed by atoms with Crippen LogP contribution in [0, 0.1) is 0 Å². The highest BCUT2D eigenvalue weighted by molar-refractivity contribution is 5.72. The van der Waals surface area contributed by atoms with E-state index >= 15 is 0 Å². The van der Waals surface area contributed by atoms with Gasteiger partial charge in [0, 0.05) is 13.1 Å². The lowest BCUT2D eigenvalue weighted by molar-refractivity contribution is -0.149. The molecule has 2 atom stereocenters. The van der Waals surface area contributed by atoms with Crippen molar-refractivity contribution >= 4 is 5.97 Å². The van der Waals surface area contributed by atoms with Gasteiger partial charge in [-0.1, -0.05) is 12.8 Å². The number of hydrogen-bond acceptors (Lipinski definition) is 4. The van der Waals surface area contributed by atoms with Crippen molar-refractivity contribution in [2.24, 2.45) is 0 Å². The maximum absolute atomic E-state index is 10.7. The minimum absolute atomic E-state index is 0.0268. The van der Waals surface area contributed by atoms with E-state index in [1.54, 1.807) is 0 Å². The average Bonchev–Trinajstić information content (AvgIpc) is 2.88. The molecule has 0 bridgehead atoms. The van der Waals surface area contributed by atoms with Crippen molar-refractivity contribution in [1.29, 1.82) is 0 Å². The van der Waals surface area contributed by atoms with Gasteiger partial charge in [-0.05, 0) is 25.7 Å². The summed E-state index contributed by atoms with van der Waals surface area (Å²) in [5, 5.41) is 22.1. The summed E-state index contributed by atoms with van der Waals surface area (Å²) in [6, 6.07) is 0. The molecular weight excluding hydrogens is 222 g/mol. The van der Waals surface area contributed by atoms with E-state index in [9.17, 15) is 9.90 Å². The van der Waals surface area contributed by atoms with E-state index in [2.05, 4.69) is 5.32 Å². The lowest BCUT2D eigenvalue weighted by Gasteiger charge is -2.23. The number of nitrogens with one attached hydrogen (secondary N) is 1. The zero-order valence-electron chi connectivity index (χ0n) is 10.0. The molecule has 2 unspecified atom stereocenters. The van der Waals surface area contributed by atoms with E-state index in [1.807, 2.05) is 0 Å². The molecule has 5 heteroatoms. The molecule has 2 aliphatic rings. The summed E-state index contributed by atoms with van der Waals surface area (Å²) in [6.45, 7) is 1.22. The van der Waals surface area contributed by atoms with Crippen molar-refractivity contribution in [3.63, 3.8) is 0 Å². The number of carbonyl (C=O) groups is 1. The van der Waals surface area contributed by atoms with Gasteiger partial charge in [-0.15, -0.1) is 0 Å². The summed E-state index contributed by atoms with van der Waals surface area (Å²) >= 11 is 0. The van der Waals surface area contributed by atoms with Gasteiger partial charge in [0.25, 0.3) is 0 Å². The maximum Gasteiger partial charge on any atom is 0.332 e. The normalized spacial score (nSPS) is 31.8. The highest BCUT2D eigenvalue weighted by Gasteiger charge is 2.33. The van der Waals surface area contributed by atoms with Crippen molar-refractivity contribution in [3.05, 3.63) is 0 Å². The van der Waals surface area contributed by atoms with Crippen molar-refractivity contribution in [3.8, 4) is 0 Å². The molecule has 2 rings (SSSR count). The van der Waals surface area contributed by atoms with Crippen LogP contribution in [0.2, 0.25) is 0 Å². The average molecular weight is 243 g/mol. The number of carboxylic acid groups (broad SMARTS) is 1. The first kappa shape index (κ1) is 12.8. The quantitative estimate of drug-likeness (QED) is 0.656. The second-order valence-corrected chi connectivity index (χ2v) is 5.22. The molecule has 1 saturated heterocycles. The summed E-state index contributed by atoms with van der Waals surface area (Å²) in [7, 11) is 0. The van der Waals surface area contributed by atoms with Gasteiger partial charge in [0.05, 0.1) is 11.7 Å². The van der Waals surface area contributed by atoms with Crippen LogP contribution in [0.1, 0.15) is 38.5 Å². The van der Waals surface area contributed by atoms with E-state index in [0.717, 1.165) is 32.1 Å². The van der Waals surface area contributed by atoms with Crippen LogP contribution in [0.5, 0.6) is 0 Å². The molecule has 3 N–H and O–H groups in total. The summed E-state index contributed by atoms with van der Waals surface area (Å²) in [5.74, 6) is -0.873. The fourth-order valence-corrected chi connectivity index (χ4v) is 2.71. The second-order valence-electron chi connectivity index (χ2n) is 5.22. The molecule has 1 aliphatic heterocycles.